The Kier molecular flexibility index (Phi) is 5.38. The van der Waals surface area contributed by atoms with Crippen LogP contribution >= 0.6 is 34.4 Å². The van der Waals surface area contributed by atoms with Gasteiger partial charge < -0.3 is 11.1 Å². The number of thioether (sulfide) groups is 1. The summed E-state index contributed by atoms with van der Waals surface area (Å²) in [5.74, 6) is -0.105. The van der Waals surface area contributed by atoms with E-state index in [1.165, 1.54) is 28.0 Å². The molecule has 1 amide bonds. The number of hydrogen-bond donors (Lipinski definition) is 2. The highest BCUT2D eigenvalue weighted by molar-refractivity contribution is 8.02. The maximum atomic E-state index is 12.6. The first kappa shape index (κ1) is 17.2. The first-order valence-corrected chi connectivity index (χ1v) is 10.2. The number of hydrogen-bond acceptors (Lipinski definition) is 8. The Hall–Kier alpha value is -1.63. The number of amides is 1. The van der Waals surface area contributed by atoms with E-state index in [1.54, 1.807) is 11.3 Å². The van der Waals surface area contributed by atoms with Gasteiger partial charge >= 0.3 is 0 Å². The molecule has 126 valence electrons. The molecule has 24 heavy (non-hydrogen) atoms. The zero-order chi connectivity index (χ0) is 17.1. The smallest absolute Gasteiger partial charge is 0.238 e. The zero-order valence-electron chi connectivity index (χ0n) is 13.2. The van der Waals surface area contributed by atoms with Crippen LogP contribution in [0.4, 0.5) is 10.1 Å². The van der Waals surface area contributed by atoms with Crippen LogP contribution in [0.3, 0.4) is 0 Å². The van der Waals surface area contributed by atoms with Crippen LogP contribution in [-0.2, 0) is 17.6 Å². The monoisotopic (exact) mass is 379 g/mol. The lowest BCUT2D eigenvalue weighted by molar-refractivity contribution is -0.115. The number of aromatic nitrogens is 2. The van der Waals surface area contributed by atoms with Crippen LogP contribution in [-0.4, -0.2) is 21.4 Å². The highest BCUT2D eigenvalue weighted by Crippen LogP contribution is 2.38. The van der Waals surface area contributed by atoms with Gasteiger partial charge in [-0.2, -0.15) is 5.26 Å². The van der Waals surface area contributed by atoms with Crippen molar-refractivity contribution in [2.75, 3.05) is 11.1 Å². The Morgan fingerprint density at radius 3 is 2.88 bits per heavy atom. The largest absolute Gasteiger partial charge is 0.374 e. The van der Waals surface area contributed by atoms with Crippen molar-refractivity contribution in [1.29, 1.82) is 5.26 Å². The molecule has 0 spiro atoms. The van der Waals surface area contributed by atoms with E-state index < -0.39 is 0 Å². The minimum atomic E-state index is -0.289. The van der Waals surface area contributed by atoms with E-state index in [9.17, 15) is 10.1 Å². The van der Waals surface area contributed by atoms with Crippen LogP contribution in [0, 0.1) is 11.3 Å². The summed E-state index contributed by atoms with van der Waals surface area (Å²) in [5, 5.41) is 21.0. The van der Waals surface area contributed by atoms with E-state index in [0.717, 1.165) is 31.2 Å². The van der Waals surface area contributed by atoms with Gasteiger partial charge in [-0.15, -0.1) is 21.5 Å². The molecule has 3 N–H and O–H groups in total. The van der Waals surface area contributed by atoms with Crippen LogP contribution in [0.2, 0.25) is 0 Å². The number of carbonyl (C=O) groups is 1. The average molecular weight is 380 g/mol. The standard InChI is InChI=1S/C15H17N5OS3/c1-2-10(23-15-20-19-14(17)24-15)12(21)18-13-9(7-16)8-5-3-4-6-11(8)22-13/h10H,2-6H2,1H3,(H2,17,19)(H,18,21)/t10-/m0/s1. The van der Waals surface area contributed by atoms with Gasteiger partial charge in [0.05, 0.1) is 10.8 Å². The summed E-state index contributed by atoms with van der Waals surface area (Å²) >= 11 is 4.18. The zero-order valence-corrected chi connectivity index (χ0v) is 15.6. The molecular formula is C15H17N5OS3. The van der Waals surface area contributed by atoms with Crippen LogP contribution in [0.5, 0.6) is 0 Å². The lowest BCUT2D eigenvalue weighted by Gasteiger charge is -2.12. The van der Waals surface area contributed by atoms with E-state index in [0.29, 0.717) is 26.5 Å². The topological polar surface area (TPSA) is 105 Å². The number of nitriles is 1. The van der Waals surface area contributed by atoms with Gasteiger partial charge in [0.15, 0.2) is 4.34 Å². The van der Waals surface area contributed by atoms with Crippen LogP contribution in [0.25, 0.3) is 0 Å². The number of nitrogens with one attached hydrogen (secondary N) is 1. The van der Waals surface area contributed by atoms with E-state index >= 15 is 0 Å². The van der Waals surface area contributed by atoms with Gasteiger partial charge in [-0.3, -0.25) is 4.79 Å². The predicted molar refractivity (Wildman–Crippen MR) is 98.6 cm³/mol. The molecule has 2 heterocycles. The molecule has 2 aromatic heterocycles. The summed E-state index contributed by atoms with van der Waals surface area (Å²) in [5.41, 5.74) is 7.35. The fourth-order valence-electron chi connectivity index (χ4n) is 2.68. The van der Waals surface area contributed by atoms with Crippen molar-refractivity contribution in [2.45, 2.75) is 48.6 Å². The lowest BCUT2D eigenvalue weighted by atomic mass is 9.96. The van der Waals surface area contributed by atoms with Crippen LogP contribution in [0.1, 0.15) is 42.2 Å². The number of aryl methyl sites for hydroxylation is 1. The summed E-state index contributed by atoms with van der Waals surface area (Å²) in [7, 11) is 0. The number of anilines is 2. The Morgan fingerprint density at radius 2 is 2.21 bits per heavy atom. The van der Waals surface area contributed by atoms with Crippen molar-refractivity contribution in [2.24, 2.45) is 0 Å². The second-order valence-corrected chi connectivity index (χ2v) is 9.00. The number of carbonyl (C=O) groups excluding carboxylic acids is 1. The summed E-state index contributed by atoms with van der Waals surface area (Å²) in [4.78, 5) is 13.9. The highest BCUT2D eigenvalue weighted by atomic mass is 32.2. The summed E-state index contributed by atoms with van der Waals surface area (Å²) in [6, 6.07) is 2.27. The minimum absolute atomic E-state index is 0.105. The van der Waals surface area contributed by atoms with Gasteiger partial charge in [0.1, 0.15) is 11.1 Å². The number of fused-ring (bicyclic) bond motifs is 1. The Balaban J connectivity index is 1.76. The van der Waals surface area contributed by atoms with Crippen molar-refractivity contribution >= 4 is 50.5 Å². The van der Waals surface area contributed by atoms with Crippen molar-refractivity contribution in [3.05, 3.63) is 16.0 Å². The van der Waals surface area contributed by atoms with Crippen molar-refractivity contribution in [1.82, 2.24) is 10.2 Å². The number of thiophene rings is 1. The molecule has 1 aliphatic carbocycles. The molecule has 0 saturated heterocycles. The summed E-state index contributed by atoms with van der Waals surface area (Å²) in [6.07, 6.45) is 4.85. The first-order chi connectivity index (χ1) is 11.6. The van der Waals surface area contributed by atoms with Crippen molar-refractivity contribution in [3.63, 3.8) is 0 Å². The predicted octanol–water partition coefficient (Wildman–Crippen LogP) is 3.44. The molecule has 9 heteroatoms. The fraction of sp³-hybridized carbons (Fsp3) is 0.467. The van der Waals surface area contributed by atoms with Crippen molar-refractivity contribution < 1.29 is 4.79 Å². The Morgan fingerprint density at radius 1 is 1.42 bits per heavy atom. The van der Waals surface area contributed by atoms with Gasteiger partial charge in [-0.1, -0.05) is 30.0 Å². The molecule has 0 bridgehead atoms. The normalized spacial score (nSPS) is 14.7. The third kappa shape index (κ3) is 3.55. The van der Waals surface area contributed by atoms with Crippen LogP contribution < -0.4 is 11.1 Å². The average Bonchev–Trinajstić information content (AvgIpc) is 3.14. The Labute approximate surface area is 152 Å². The second-order valence-electron chi connectivity index (χ2n) is 5.44. The molecule has 2 aromatic rings. The van der Waals surface area contributed by atoms with E-state index in [-0.39, 0.29) is 11.2 Å². The molecule has 0 radical (unpaired) electrons. The maximum Gasteiger partial charge on any atom is 0.238 e. The maximum absolute atomic E-state index is 12.6. The minimum Gasteiger partial charge on any atom is -0.374 e. The van der Waals surface area contributed by atoms with E-state index in [2.05, 4.69) is 21.6 Å². The SMILES string of the molecule is CC[C@H](Sc1nnc(N)s1)C(=O)Nc1sc2c(c1C#N)CCCC2. The summed E-state index contributed by atoms with van der Waals surface area (Å²) < 4.78 is 0.681. The second kappa shape index (κ2) is 7.51. The number of rotatable bonds is 5. The molecule has 0 saturated carbocycles. The molecule has 0 aromatic carbocycles. The van der Waals surface area contributed by atoms with Gasteiger partial charge in [-0.05, 0) is 37.7 Å². The van der Waals surface area contributed by atoms with E-state index in [4.69, 9.17) is 5.73 Å². The molecule has 0 unspecified atom stereocenters. The molecule has 3 rings (SSSR count). The quantitative estimate of drug-likeness (QED) is 0.771. The number of nitrogens with zero attached hydrogens (tertiary/aromatic N) is 3. The molecule has 6 nitrogen and oxygen atoms in total. The van der Waals surface area contributed by atoms with Gasteiger partial charge in [0.2, 0.25) is 11.0 Å². The van der Waals surface area contributed by atoms with Crippen LogP contribution in [0.15, 0.2) is 4.34 Å². The van der Waals surface area contributed by atoms with Crippen molar-refractivity contribution in [3.8, 4) is 6.07 Å². The molecule has 0 fully saturated rings. The number of nitrogen functional groups attached to an aromatic ring is 1. The summed E-state index contributed by atoms with van der Waals surface area (Å²) in [6.45, 7) is 1.95. The van der Waals surface area contributed by atoms with Gasteiger partial charge in [0.25, 0.3) is 0 Å². The molecule has 1 atom stereocenters. The first-order valence-electron chi connectivity index (χ1n) is 7.73. The molecular weight excluding hydrogens is 362 g/mol. The third-order valence-corrected chi connectivity index (χ3v) is 7.26. The molecule has 1 aliphatic rings. The fourth-order valence-corrected chi connectivity index (χ4v) is 5.72. The Bertz CT molecular complexity index is 792. The number of nitrogens with two attached hydrogens (primary N) is 1. The van der Waals surface area contributed by atoms with Gasteiger partial charge in [0, 0.05) is 4.88 Å². The van der Waals surface area contributed by atoms with Gasteiger partial charge in [-0.25, -0.2) is 0 Å². The third-order valence-electron chi connectivity index (χ3n) is 3.85. The molecule has 0 aliphatic heterocycles. The highest BCUT2D eigenvalue weighted by Gasteiger charge is 2.25. The van der Waals surface area contributed by atoms with E-state index in [1.807, 2.05) is 6.92 Å². The lowest BCUT2D eigenvalue weighted by Crippen LogP contribution is -2.24.